The minimum Gasteiger partial charge on any atom is -0.284 e. The molecule has 0 radical (unpaired) electrons. The molecule has 1 aromatic carbocycles. The summed E-state index contributed by atoms with van der Waals surface area (Å²) >= 11 is 5.66. The molecule has 0 saturated carbocycles. The maximum absolute atomic E-state index is 12.0. The van der Waals surface area contributed by atoms with Gasteiger partial charge in [0, 0.05) is 11.6 Å². The lowest BCUT2D eigenvalue weighted by molar-refractivity contribution is 0.588. The summed E-state index contributed by atoms with van der Waals surface area (Å²) in [6.07, 6.45) is 3.07. The molecule has 0 saturated heterocycles. The molecule has 8 heteroatoms. The van der Waals surface area contributed by atoms with E-state index in [2.05, 4.69) is 14.8 Å². The summed E-state index contributed by atoms with van der Waals surface area (Å²) in [5.41, 5.74) is 1.47. The van der Waals surface area contributed by atoms with E-state index in [-0.39, 0.29) is 11.7 Å². The summed E-state index contributed by atoms with van der Waals surface area (Å²) in [6.45, 7) is 2.33. The van der Waals surface area contributed by atoms with Gasteiger partial charge >= 0.3 is 0 Å². The zero-order chi connectivity index (χ0) is 15.3. The van der Waals surface area contributed by atoms with Gasteiger partial charge in [0.25, 0.3) is 0 Å². The van der Waals surface area contributed by atoms with E-state index in [1.807, 2.05) is 6.07 Å². The van der Waals surface area contributed by atoms with E-state index in [0.29, 0.717) is 18.1 Å². The van der Waals surface area contributed by atoms with Crippen LogP contribution in [0.3, 0.4) is 0 Å². The molecule has 1 unspecified atom stereocenters. The molecule has 0 spiro atoms. The van der Waals surface area contributed by atoms with E-state index in [0.717, 1.165) is 5.56 Å². The Bertz CT molecular complexity index is 673. The molecule has 0 amide bonds. The number of alkyl halides is 1. The van der Waals surface area contributed by atoms with E-state index in [1.165, 1.54) is 6.33 Å². The summed E-state index contributed by atoms with van der Waals surface area (Å²) in [6, 6.07) is 7.20. The van der Waals surface area contributed by atoms with Crippen LogP contribution >= 0.6 is 11.6 Å². The molecule has 0 fully saturated rings. The molecule has 21 heavy (non-hydrogen) atoms. The molecule has 2 rings (SSSR count). The summed E-state index contributed by atoms with van der Waals surface area (Å²) in [4.78, 5) is 3.87. The van der Waals surface area contributed by atoms with Gasteiger partial charge < -0.3 is 0 Å². The van der Waals surface area contributed by atoms with Gasteiger partial charge in [-0.25, -0.2) is 18.1 Å². The Hall–Kier alpha value is -1.60. The van der Waals surface area contributed by atoms with Gasteiger partial charge in [-0.2, -0.15) is 5.10 Å². The summed E-state index contributed by atoms with van der Waals surface area (Å²) < 4.78 is 28.2. The van der Waals surface area contributed by atoms with Gasteiger partial charge in [0.15, 0.2) is 0 Å². The number of nitrogens with one attached hydrogen (secondary N) is 1. The number of hydrogen-bond donors (Lipinski definition) is 1. The second kappa shape index (κ2) is 6.91. The first-order valence-electron chi connectivity index (χ1n) is 6.46. The highest BCUT2D eigenvalue weighted by Gasteiger charge is 2.15. The smallest absolute Gasteiger partial charge is 0.233 e. The summed E-state index contributed by atoms with van der Waals surface area (Å²) in [7, 11) is -3.39. The molecule has 1 atom stereocenters. The Balaban J connectivity index is 2.07. The number of nitrogens with zero attached hydrogens (tertiary/aromatic N) is 3. The number of halogens is 1. The van der Waals surface area contributed by atoms with Crippen molar-refractivity contribution in [2.75, 3.05) is 16.4 Å². The maximum Gasteiger partial charge on any atom is 0.233 e. The van der Waals surface area contributed by atoms with E-state index >= 15 is 0 Å². The molecule has 1 aromatic heterocycles. The van der Waals surface area contributed by atoms with Gasteiger partial charge in [0.2, 0.25) is 10.0 Å². The van der Waals surface area contributed by atoms with Gasteiger partial charge in [0.05, 0.1) is 12.3 Å². The van der Waals surface area contributed by atoms with E-state index in [4.69, 9.17) is 11.6 Å². The predicted octanol–water partition coefficient (Wildman–Crippen LogP) is 1.94. The van der Waals surface area contributed by atoms with E-state index in [1.54, 1.807) is 36.1 Å². The van der Waals surface area contributed by atoms with Gasteiger partial charge in [-0.05, 0) is 23.6 Å². The first-order chi connectivity index (χ1) is 9.98. The second-order valence-corrected chi connectivity index (χ2v) is 7.01. The lowest BCUT2D eigenvalue weighted by Gasteiger charge is -2.12. The summed E-state index contributed by atoms with van der Waals surface area (Å²) in [5, 5.41) is 4.02. The minimum atomic E-state index is -3.39. The molecular weight excluding hydrogens is 312 g/mol. The van der Waals surface area contributed by atoms with Crippen molar-refractivity contribution in [2.24, 2.45) is 5.92 Å². The molecular formula is C13H17ClN4O2S. The standard InChI is InChI=1S/C13H17ClN4O2S/c1-11(6-14)8-21(19,20)17-13-4-2-3-12(5-13)7-18-10-15-9-16-18/h2-5,9-11,17H,6-8H2,1H3. The molecule has 6 nitrogen and oxygen atoms in total. The molecule has 1 N–H and O–H groups in total. The number of benzene rings is 1. The Morgan fingerprint density at radius 2 is 2.24 bits per heavy atom. The van der Waals surface area contributed by atoms with Crippen LogP contribution in [0.5, 0.6) is 0 Å². The lowest BCUT2D eigenvalue weighted by atomic mass is 10.2. The fraction of sp³-hybridized carbons (Fsp3) is 0.385. The zero-order valence-electron chi connectivity index (χ0n) is 11.6. The monoisotopic (exact) mass is 328 g/mol. The fourth-order valence-electron chi connectivity index (χ4n) is 1.87. The number of aromatic nitrogens is 3. The van der Waals surface area contributed by atoms with Crippen LogP contribution in [0.25, 0.3) is 0 Å². The molecule has 2 aromatic rings. The number of sulfonamides is 1. The highest BCUT2D eigenvalue weighted by molar-refractivity contribution is 7.92. The molecule has 0 aliphatic carbocycles. The van der Waals surface area contributed by atoms with Crippen LogP contribution < -0.4 is 4.72 Å². The summed E-state index contributed by atoms with van der Waals surface area (Å²) in [5.74, 6) is 0.222. The topological polar surface area (TPSA) is 76.9 Å². The van der Waals surface area contributed by atoms with Gasteiger partial charge in [-0.3, -0.25) is 4.72 Å². The first kappa shape index (κ1) is 15.8. The van der Waals surface area contributed by atoms with Crippen LogP contribution in [-0.4, -0.2) is 34.8 Å². The van der Waals surface area contributed by atoms with Crippen molar-refractivity contribution in [3.63, 3.8) is 0 Å². The fourth-order valence-corrected chi connectivity index (χ4v) is 3.55. The largest absolute Gasteiger partial charge is 0.284 e. The van der Waals surface area contributed by atoms with Crippen molar-refractivity contribution in [1.82, 2.24) is 14.8 Å². The Morgan fingerprint density at radius 3 is 2.90 bits per heavy atom. The van der Waals surface area contributed by atoms with Gasteiger partial charge in [-0.1, -0.05) is 19.1 Å². The third-order valence-electron chi connectivity index (χ3n) is 2.78. The number of anilines is 1. The van der Waals surface area contributed by atoms with E-state index in [9.17, 15) is 8.42 Å². The van der Waals surface area contributed by atoms with Crippen molar-refractivity contribution < 1.29 is 8.42 Å². The molecule has 1 heterocycles. The average molecular weight is 329 g/mol. The quantitative estimate of drug-likeness (QED) is 0.788. The lowest BCUT2D eigenvalue weighted by Crippen LogP contribution is -2.22. The highest BCUT2D eigenvalue weighted by Crippen LogP contribution is 2.14. The van der Waals surface area contributed by atoms with Crippen molar-refractivity contribution in [3.05, 3.63) is 42.5 Å². The van der Waals surface area contributed by atoms with Gasteiger partial charge in [0.1, 0.15) is 12.7 Å². The number of hydrogen-bond acceptors (Lipinski definition) is 4. The maximum atomic E-state index is 12.0. The third kappa shape index (κ3) is 5.02. The Morgan fingerprint density at radius 1 is 1.43 bits per heavy atom. The van der Waals surface area contributed by atoms with Crippen molar-refractivity contribution in [2.45, 2.75) is 13.5 Å². The number of rotatable bonds is 7. The normalized spacial score (nSPS) is 13.0. The highest BCUT2D eigenvalue weighted by atomic mass is 35.5. The van der Waals surface area contributed by atoms with Gasteiger partial charge in [-0.15, -0.1) is 11.6 Å². The van der Waals surface area contributed by atoms with Crippen molar-refractivity contribution >= 4 is 27.3 Å². The van der Waals surface area contributed by atoms with Crippen LogP contribution in [-0.2, 0) is 16.6 Å². The first-order valence-corrected chi connectivity index (χ1v) is 8.65. The molecule has 0 aliphatic heterocycles. The Kier molecular flexibility index (Phi) is 5.19. The average Bonchev–Trinajstić information content (AvgIpc) is 2.90. The molecule has 114 valence electrons. The van der Waals surface area contributed by atoms with Crippen LogP contribution in [0.15, 0.2) is 36.9 Å². The SMILES string of the molecule is CC(CCl)CS(=O)(=O)Nc1cccc(Cn2cncn2)c1. The van der Waals surface area contributed by atoms with Crippen LogP contribution in [0, 0.1) is 5.92 Å². The van der Waals surface area contributed by atoms with Crippen molar-refractivity contribution in [1.29, 1.82) is 0 Å². The molecule has 0 bridgehead atoms. The minimum absolute atomic E-state index is 0.00377. The molecule has 0 aliphatic rings. The van der Waals surface area contributed by atoms with Crippen LogP contribution in [0.1, 0.15) is 12.5 Å². The van der Waals surface area contributed by atoms with Crippen LogP contribution in [0.4, 0.5) is 5.69 Å². The predicted molar refractivity (Wildman–Crippen MR) is 82.9 cm³/mol. The van der Waals surface area contributed by atoms with E-state index < -0.39 is 10.0 Å². The van der Waals surface area contributed by atoms with Crippen molar-refractivity contribution in [3.8, 4) is 0 Å². The van der Waals surface area contributed by atoms with Crippen LogP contribution in [0.2, 0.25) is 0 Å². The third-order valence-corrected chi connectivity index (χ3v) is 4.86. The second-order valence-electron chi connectivity index (χ2n) is 4.94. The Labute approximate surface area is 129 Å². The zero-order valence-corrected chi connectivity index (χ0v) is 13.2.